The highest BCUT2D eigenvalue weighted by Gasteiger charge is 2.45. The second kappa shape index (κ2) is 2.94. The first kappa shape index (κ1) is 8.21. The highest BCUT2D eigenvalue weighted by molar-refractivity contribution is 4.99. The monoisotopic (exact) mass is 182 g/mol. The summed E-state index contributed by atoms with van der Waals surface area (Å²) in [7, 11) is 0. The summed E-state index contributed by atoms with van der Waals surface area (Å²) >= 11 is 0. The van der Waals surface area contributed by atoms with Crippen LogP contribution < -0.4 is 5.73 Å². The lowest BCUT2D eigenvalue weighted by atomic mass is 10.1. The van der Waals surface area contributed by atoms with Gasteiger partial charge < -0.3 is 10.5 Å². The third-order valence-electron chi connectivity index (χ3n) is 3.78. The van der Waals surface area contributed by atoms with Gasteiger partial charge in [0.05, 0.1) is 12.7 Å². The molecule has 0 aromatic heterocycles. The molecule has 3 atom stereocenters. The molecular weight excluding hydrogens is 164 g/mol. The molecule has 3 heteroatoms. The largest absolute Gasteiger partial charge is 0.375 e. The first-order valence-electron chi connectivity index (χ1n) is 5.46. The van der Waals surface area contributed by atoms with E-state index in [0.717, 1.165) is 25.6 Å². The van der Waals surface area contributed by atoms with Gasteiger partial charge in [-0.2, -0.15) is 0 Å². The van der Waals surface area contributed by atoms with Gasteiger partial charge in [0.1, 0.15) is 0 Å². The average Bonchev–Trinajstić information content (AvgIpc) is 2.77. The molecule has 0 aromatic rings. The number of fused-ring (bicyclic) bond motifs is 2. The highest BCUT2D eigenvalue weighted by atomic mass is 16.5. The van der Waals surface area contributed by atoms with Crippen molar-refractivity contribution >= 4 is 0 Å². The summed E-state index contributed by atoms with van der Waals surface area (Å²) in [6.45, 7) is 2.94. The number of likely N-dealkylation sites (tertiary alicyclic amines) is 1. The lowest BCUT2D eigenvalue weighted by Crippen LogP contribution is -2.48. The van der Waals surface area contributed by atoms with Gasteiger partial charge in [-0.1, -0.05) is 0 Å². The summed E-state index contributed by atoms with van der Waals surface area (Å²) < 4.78 is 5.59. The smallest absolute Gasteiger partial charge is 0.0718 e. The third-order valence-corrected chi connectivity index (χ3v) is 3.78. The molecule has 2 N–H and O–H groups in total. The quantitative estimate of drug-likeness (QED) is 0.677. The summed E-state index contributed by atoms with van der Waals surface area (Å²) in [5.41, 5.74) is 5.84. The summed E-state index contributed by atoms with van der Waals surface area (Å²) in [6.07, 6.45) is 4.58. The molecule has 0 spiro atoms. The molecule has 3 rings (SSSR count). The minimum atomic E-state index is 0.526. The Bertz CT molecular complexity index is 205. The van der Waals surface area contributed by atoms with Crippen LogP contribution in [0.1, 0.15) is 19.3 Å². The van der Waals surface area contributed by atoms with Gasteiger partial charge in [-0.3, -0.25) is 4.90 Å². The molecule has 1 aliphatic carbocycles. The van der Waals surface area contributed by atoms with Crippen molar-refractivity contribution in [3.8, 4) is 0 Å². The SMILES string of the molecule is NCC(C1CC1)N1CC2CC1CO2. The number of hydrogen-bond acceptors (Lipinski definition) is 3. The van der Waals surface area contributed by atoms with Gasteiger partial charge in [0.15, 0.2) is 0 Å². The van der Waals surface area contributed by atoms with Crippen LogP contribution in [0.15, 0.2) is 0 Å². The van der Waals surface area contributed by atoms with Crippen molar-refractivity contribution in [3.63, 3.8) is 0 Å². The van der Waals surface area contributed by atoms with E-state index in [4.69, 9.17) is 10.5 Å². The zero-order valence-electron chi connectivity index (χ0n) is 7.98. The number of rotatable bonds is 3. The van der Waals surface area contributed by atoms with Gasteiger partial charge in [0.2, 0.25) is 0 Å². The van der Waals surface area contributed by atoms with Gasteiger partial charge in [-0.15, -0.1) is 0 Å². The lowest BCUT2D eigenvalue weighted by Gasteiger charge is -2.34. The number of hydrogen-bond donors (Lipinski definition) is 1. The summed E-state index contributed by atoms with van der Waals surface area (Å²) in [5, 5.41) is 0. The first-order chi connectivity index (χ1) is 6.38. The van der Waals surface area contributed by atoms with Crippen molar-refractivity contribution < 1.29 is 4.74 Å². The molecule has 2 aliphatic heterocycles. The Hall–Kier alpha value is -0.120. The molecule has 0 radical (unpaired) electrons. The Kier molecular flexibility index (Phi) is 1.86. The molecule has 3 nitrogen and oxygen atoms in total. The zero-order chi connectivity index (χ0) is 8.84. The molecule has 2 heterocycles. The molecule has 74 valence electrons. The van der Waals surface area contributed by atoms with Crippen LogP contribution in [-0.2, 0) is 4.74 Å². The molecule has 2 bridgehead atoms. The summed E-state index contributed by atoms with van der Waals surface area (Å²) in [5.74, 6) is 0.907. The molecule has 1 saturated carbocycles. The topological polar surface area (TPSA) is 38.5 Å². The Morgan fingerprint density at radius 3 is 2.77 bits per heavy atom. The van der Waals surface area contributed by atoms with Crippen LogP contribution in [-0.4, -0.2) is 42.8 Å². The molecule has 3 aliphatic rings. The molecule has 13 heavy (non-hydrogen) atoms. The van der Waals surface area contributed by atoms with E-state index in [9.17, 15) is 0 Å². The Morgan fingerprint density at radius 2 is 2.31 bits per heavy atom. The fraction of sp³-hybridized carbons (Fsp3) is 1.00. The van der Waals surface area contributed by atoms with E-state index in [2.05, 4.69) is 4.90 Å². The van der Waals surface area contributed by atoms with Gasteiger partial charge >= 0.3 is 0 Å². The molecule has 3 fully saturated rings. The number of ether oxygens (including phenoxy) is 1. The predicted molar refractivity (Wildman–Crippen MR) is 50.4 cm³/mol. The fourth-order valence-electron chi connectivity index (χ4n) is 2.92. The van der Waals surface area contributed by atoms with E-state index < -0.39 is 0 Å². The van der Waals surface area contributed by atoms with Crippen molar-refractivity contribution in [2.24, 2.45) is 11.7 Å². The highest BCUT2D eigenvalue weighted by Crippen LogP contribution is 2.39. The maximum absolute atomic E-state index is 5.84. The molecular formula is C10H18N2O. The van der Waals surface area contributed by atoms with Crippen molar-refractivity contribution in [3.05, 3.63) is 0 Å². The van der Waals surface area contributed by atoms with Crippen molar-refractivity contribution in [2.75, 3.05) is 19.7 Å². The van der Waals surface area contributed by atoms with Crippen LogP contribution >= 0.6 is 0 Å². The normalized spacial score (nSPS) is 41.3. The fourth-order valence-corrected chi connectivity index (χ4v) is 2.92. The number of nitrogens with zero attached hydrogens (tertiary/aromatic N) is 1. The zero-order valence-corrected chi connectivity index (χ0v) is 7.98. The van der Waals surface area contributed by atoms with Crippen LogP contribution in [0, 0.1) is 5.92 Å². The maximum atomic E-state index is 5.84. The third kappa shape index (κ3) is 1.30. The summed E-state index contributed by atoms with van der Waals surface area (Å²) in [6, 6.07) is 1.36. The molecule has 0 amide bonds. The Labute approximate surface area is 79.2 Å². The molecule has 2 saturated heterocycles. The van der Waals surface area contributed by atoms with E-state index in [0.29, 0.717) is 18.2 Å². The minimum Gasteiger partial charge on any atom is -0.375 e. The van der Waals surface area contributed by atoms with Crippen molar-refractivity contribution in [1.82, 2.24) is 4.90 Å². The predicted octanol–water partition coefficient (Wildman–Crippen LogP) is 0.197. The lowest BCUT2D eigenvalue weighted by molar-refractivity contribution is 0.00869. The van der Waals surface area contributed by atoms with E-state index in [1.807, 2.05) is 0 Å². The second-order valence-corrected chi connectivity index (χ2v) is 4.68. The van der Waals surface area contributed by atoms with E-state index >= 15 is 0 Å². The molecule has 0 aromatic carbocycles. The van der Waals surface area contributed by atoms with Gasteiger partial charge in [0.25, 0.3) is 0 Å². The Morgan fingerprint density at radius 1 is 1.46 bits per heavy atom. The minimum absolute atomic E-state index is 0.526. The molecule has 3 unspecified atom stereocenters. The van der Waals surface area contributed by atoms with Crippen LogP contribution in [0.4, 0.5) is 0 Å². The number of morpholine rings is 1. The van der Waals surface area contributed by atoms with E-state index in [1.165, 1.54) is 19.3 Å². The van der Waals surface area contributed by atoms with Gasteiger partial charge in [-0.05, 0) is 25.2 Å². The second-order valence-electron chi connectivity index (χ2n) is 4.68. The standard InChI is InChI=1S/C10H18N2O/c11-4-10(7-1-2-7)12-5-9-3-8(12)6-13-9/h7-10H,1-6,11H2. The number of nitrogens with two attached hydrogens (primary N) is 1. The summed E-state index contributed by atoms with van der Waals surface area (Å²) in [4.78, 5) is 2.62. The van der Waals surface area contributed by atoms with Gasteiger partial charge in [0, 0.05) is 25.2 Å². The average molecular weight is 182 g/mol. The van der Waals surface area contributed by atoms with Gasteiger partial charge in [-0.25, -0.2) is 0 Å². The van der Waals surface area contributed by atoms with Crippen molar-refractivity contribution in [2.45, 2.75) is 37.5 Å². The van der Waals surface area contributed by atoms with E-state index in [-0.39, 0.29) is 0 Å². The van der Waals surface area contributed by atoms with Crippen molar-refractivity contribution in [1.29, 1.82) is 0 Å². The van der Waals surface area contributed by atoms with Crippen LogP contribution in [0.25, 0.3) is 0 Å². The maximum Gasteiger partial charge on any atom is 0.0718 e. The Balaban J connectivity index is 1.69. The van der Waals surface area contributed by atoms with E-state index in [1.54, 1.807) is 0 Å². The van der Waals surface area contributed by atoms with Crippen LogP contribution in [0.2, 0.25) is 0 Å². The first-order valence-corrected chi connectivity index (χ1v) is 5.46. The van der Waals surface area contributed by atoms with Crippen LogP contribution in [0.3, 0.4) is 0 Å². The van der Waals surface area contributed by atoms with Crippen LogP contribution in [0.5, 0.6) is 0 Å².